The Morgan fingerprint density at radius 3 is 2.38 bits per heavy atom. The second-order valence-corrected chi connectivity index (χ2v) is 13.9. The van der Waals surface area contributed by atoms with Gasteiger partial charge in [-0.25, -0.2) is 4.99 Å². The number of amides is 1. The molecule has 2 saturated heterocycles. The molecule has 3 aliphatic rings. The quantitative estimate of drug-likeness (QED) is 0.288. The van der Waals surface area contributed by atoms with Crippen LogP contribution in [0.15, 0.2) is 59.6 Å². The van der Waals surface area contributed by atoms with Gasteiger partial charge in [0.15, 0.2) is 5.78 Å². The molecule has 1 amide bonds. The molecule has 0 saturated carbocycles. The normalized spacial score (nSPS) is 22.7. The zero-order valence-electron chi connectivity index (χ0n) is 28.8. The number of nitrogens with two attached hydrogens (primary N) is 1. The Kier molecular flexibility index (Phi) is 12.8. The van der Waals surface area contributed by atoms with E-state index in [9.17, 15) is 9.59 Å². The number of aryl methyl sites for hydroxylation is 1. The average molecular weight is 645 g/mol. The van der Waals surface area contributed by atoms with Crippen LogP contribution in [0.2, 0.25) is 0 Å². The lowest BCUT2D eigenvalue weighted by atomic mass is 9.98. The molecule has 47 heavy (non-hydrogen) atoms. The van der Waals surface area contributed by atoms with Gasteiger partial charge in [-0.05, 0) is 75.4 Å². The molecule has 0 bridgehead atoms. The number of hydrogen-bond donors (Lipinski definition) is 2. The van der Waals surface area contributed by atoms with E-state index in [0.29, 0.717) is 45.0 Å². The van der Waals surface area contributed by atoms with Crippen molar-refractivity contribution in [1.82, 2.24) is 20.0 Å². The van der Waals surface area contributed by atoms with Crippen molar-refractivity contribution in [2.45, 2.75) is 109 Å². The summed E-state index contributed by atoms with van der Waals surface area (Å²) in [7, 11) is 0. The molecule has 4 atom stereocenters. The molecule has 2 aromatic rings. The smallest absolute Gasteiger partial charge is 0.288 e. The number of nitrogens with one attached hydrogen (secondary N) is 1. The molecule has 3 aliphatic heterocycles. The van der Waals surface area contributed by atoms with Crippen LogP contribution in [0, 0.1) is 0 Å². The van der Waals surface area contributed by atoms with Gasteiger partial charge in [-0.2, -0.15) is 0 Å². The Balaban J connectivity index is 1.28. The number of amidine groups is 1. The van der Waals surface area contributed by atoms with Gasteiger partial charge < -0.3 is 30.5 Å². The van der Waals surface area contributed by atoms with Crippen molar-refractivity contribution in [3.63, 3.8) is 0 Å². The first kappa shape index (κ1) is 35.0. The summed E-state index contributed by atoms with van der Waals surface area (Å²) in [5.74, 6) is 0.109. The molecule has 0 unspecified atom stereocenters. The maximum atomic E-state index is 14.3. The summed E-state index contributed by atoms with van der Waals surface area (Å²) in [5, 5.41) is 3.55. The number of ether oxygens (including phenoxy) is 1. The molecule has 9 nitrogen and oxygen atoms in total. The molecule has 256 valence electrons. The number of piperidine rings is 1. The molecule has 0 radical (unpaired) electrons. The van der Waals surface area contributed by atoms with Gasteiger partial charge in [-0.1, -0.05) is 81.3 Å². The molecule has 3 N–H and O–H groups in total. The van der Waals surface area contributed by atoms with Crippen LogP contribution in [0.25, 0.3) is 0 Å². The SMILES string of the molecule is CC(C)N[C@H](CCCCN1CCCCC1)C(=O)N1CCN(C2=N[C@@H](C)[C@H](c3ccccc3)O2)C[C@H]1C(=O)CCc1ccc(CN)cc1. The maximum absolute atomic E-state index is 14.3. The van der Waals surface area contributed by atoms with Crippen molar-refractivity contribution in [3.8, 4) is 0 Å². The number of carbonyl (C=O) groups is 2. The van der Waals surface area contributed by atoms with Gasteiger partial charge in [0.2, 0.25) is 5.91 Å². The van der Waals surface area contributed by atoms with Crippen LogP contribution in [0.5, 0.6) is 0 Å². The Morgan fingerprint density at radius 1 is 0.957 bits per heavy atom. The number of nitrogens with zero attached hydrogens (tertiary/aromatic N) is 4. The number of Topliss-reactive ketones (excluding diaryl/α,β-unsaturated/α-hetero) is 1. The van der Waals surface area contributed by atoms with E-state index in [4.69, 9.17) is 15.5 Å². The Hall–Kier alpha value is -3.27. The van der Waals surface area contributed by atoms with Gasteiger partial charge in [0.1, 0.15) is 12.1 Å². The third-order valence-corrected chi connectivity index (χ3v) is 9.84. The number of likely N-dealkylation sites (tertiary alicyclic amines) is 1. The molecule has 3 heterocycles. The summed E-state index contributed by atoms with van der Waals surface area (Å²) in [6.45, 7) is 11.6. The van der Waals surface area contributed by atoms with Crippen LogP contribution in [-0.2, 0) is 27.3 Å². The molecule has 0 aromatic heterocycles. The third-order valence-electron chi connectivity index (χ3n) is 9.84. The van der Waals surface area contributed by atoms with Crippen molar-refractivity contribution in [2.24, 2.45) is 10.7 Å². The van der Waals surface area contributed by atoms with Crippen LogP contribution in [-0.4, -0.2) is 95.8 Å². The molecular formula is C38H56N6O3. The van der Waals surface area contributed by atoms with Gasteiger partial charge in [-0.15, -0.1) is 0 Å². The molecule has 9 heteroatoms. The predicted octanol–water partition coefficient (Wildman–Crippen LogP) is 4.70. The van der Waals surface area contributed by atoms with Crippen LogP contribution >= 0.6 is 0 Å². The number of hydrogen-bond acceptors (Lipinski definition) is 8. The maximum Gasteiger partial charge on any atom is 0.288 e. The number of rotatable bonds is 14. The van der Waals surface area contributed by atoms with E-state index in [1.54, 1.807) is 0 Å². The lowest BCUT2D eigenvalue weighted by Gasteiger charge is -2.42. The van der Waals surface area contributed by atoms with Crippen LogP contribution < -0.4 is 11.1 Å². The van der Waals surface area contributed by atoms with Gasteiger partial charge in [-0.3, -0.25) is 9.59 Å². The van der Waals surface area contributed by atoms with Gasteiger partial charge in [0, 0.05) is 38.6 Å². The van der Waals surface area contributed by atoms with E-state index in [0.717, 1.165) is 42.5 Å². The fourth-order valence-electron chi connectivity index (χ4n) is 7.15. The monoisotopic (exact) mass is 644 g/mol. The second kappa shape index (κ2) is 17.2. The first-order chi connectivity index (χ1) is 22.8. The summed E-state index contributed by atoms with van der Waals surface area (Å²) >= 11 is 0. The van der Waals surface area contributed by atoms with Crippen molar-refractivity contribution in [2.75, 3.05) is 39.3 Å². The van der Waals surface area contributed by atoms with E-state index in [1.165, 1.54) is 32.4 Å². The number of ketones is 1. The van der Waals surface area contributed by atoms with E-state index < -0.39 is 6.04 Å². The topological polar surface area (TPSA) is 104 Å². The number of aliphatic imine (C=N–C) groups is 1. The highest BCUT2D eigenvalue weighted by Gasteiger charge is 2.41. The minimum Gasteiger partial charge on any atom is -0.455 e. The Labute approximate surface area is 281 Å². The highest BCUT2D eigenvalue weighted by Crippen LogP contribution is 2.31. The number of piperazine rings is 1. The minimum absolute atomic E-state index is 0.0341. The zero-order valence-corrected chi connectivity index (χ0v) is 28.8. The van der Waals surface area contributed by atoms with Crippen molar-refractivity contribution < 1.29 is 14.3 Å². The summed E-state index contributed by atoms with van der Waals surface area (Å²) in [6, 6.07) is 18.1. The van der Waals surface area contributed by atoms with E-state index in [2.05, 4.69) is 48.0 Å². The average Bonchev–Trinajstić information content (AvgIpc) is 3.50. The highest BCUT2D eigenvalue weighted by atomic mass is 16.5. The summed E-state index contributed by atoms with van der Waals surface area (Å²) < 4.78 is 6.42. The van der Waals surface area contributed by atoms with E-state index in [1.807, 2.05) is 47.4 Å². The van der Waals surface area contributed by atoms with Crippen LogP contribution in [0.3, 0.4) is 0 Å². The fraction of sp³-hybridized carbons (Fsp3) is 0.605. The summed E-state index contributed by atoms with van der Waals surface area (Å²) in [5.41, 5.74) is 9.03. The molecule has 2 fully saturated rings. The summed E-state index contributed by atoms with van der Waals surface area (Å²) in [4.78, 5) is 39.7. The van der Waals surface area contributed by atoms with Crippen molar-refractivity contribution in [3.05, 3.63) is 71.3 Å². The van der Waals surface area contributed by atoms with Crippen molar-refractivity contribution >= 4 is 17.7 Å². The first-order valence-electron chi connectivity index (χ1n) is 18.0. The number of unbranched alkanes of at least 4 members (excludes halogenated alkanes) is 1. The van der Waals surface area contributed by atoms with Crippen molar-refractivity contribution in [1.29, 1.82) is 0 Å². The van der Waals surface area contributed by atoms with Gasteiger partial charge in [0.25, 0.3) is 6.02 Å². The molecular weight excluding hydrogens is 588 g/mol. The van der Waals surface area contributed by atoms with Gasteiger partial charge >= 0.3 is 0 Å². The lowest BCUT2D eigenvalue weighted by Crippen LogP contribution is -2.62. The van der Waals surface area contributed by atoms with Crippen LogP contribution in [0.1, 0.15) is 88.5 Å². The van der Waals surface area contributed by atoms with E-state index in [-0.39, 0.29) is 35.9 Å². The molecule has 0 aliphatic carbocycles. The second-order valence-electron chi connectivity index (χ2n) is 13.9. The first-order valence-corrected chi connectivity index (χ1v) is 18.0. The van der Waals surface area contributed by atoms with Gasteiger partial charge in [0.05, 0.1) is 12.1 Å². The third kappa shape index (κ3) is 9.64. The highest BCUT2D eigenvalue weighted by molar-refractivity contribution is 5.92. The lowest BCUT2D eigenvalue weighted by molar-refractivity contribution is -0.144. The molecule has 2 aromatic carbocycles. The zero-order chi connectivity index (χ0) is 33.2. The van der Waals surface area contributed by atoms with E-state index >= 15 is 0 Å². The fourth-order valence-corrected chi connectivity index (χ4v) is 7.15. The standard InChI is InChI=1S/C38H56N6O3/c1-28(2)40-33(14-8-11-23-42-21-9-5-10-22-42)37(46)44-25-24-43(38-41-29(3)36(47-38)32-12-6-4-7-13-32)27-34(44)35(45)20-19-30-15-17-31(26-39)18-16-30/h4,6-7,12-13,15-18,28-29,33-34,36,40H,5,8-11,14,19-27,39H2,1-3H3/t29-,33+,34-,36+/m0/s1. The number of carbonyl (C=O) groups excluding carboxylic acids is 2. The molecule has 0 spiro atoms. The molecule has 5 rings (SSSR count). The predicted molar refractivity (Wildman–Crippen MR) is 188 cm³/mol. The largest absolute Gasteiger partial charge is 0.455 e. The Morgan fingerprint density at radius 2 is 1.68 bits per heavy atom. The Bertz CT molecular complexity index is 1310. The summed E-state index contributed by atoms with van der Waals surface area (Å²) in [6.07, 6.45) is 7.57. The number of benzene rings is 2. The minimum atomic E-state index is -0.568. The van der Waals surface area contributed by atoms with Crippen LogP contribution in [0.4, 0.5) is 0 Å².